The molecule has 0 bridgehead atoms. The van der Waals surface area contributed by atoms with E-state index in [1.165, 1.54) is 20.1 Å². The Kier molecular flexibility index (Phi) is 7.38. The third kappa shape index (κ3) is 6.08. The van der Waals surface area contributed by atoms with Crippen molar-refractivity contribution in [3.63, 3.8) is 0 Å². The van der Waals surface area contributed by atoms with E-state index in [4.69, 9.17) is 16.3 Å². The molecule has 0 aliphatic heterocycles. The predicted octanol–water partition coefficient (Wildman–Crippen LogP) is 3.58. The summed E-state index contributed by atoms with van der Waals surface area (Å²) in [5.74, 6) is -1.28. The smallest absolute Gasteiger partial charge is 0.328 e. The quantitative estimate of drug-likeness (QED) is 0.655. The summed E-state index contributed by atoms with van der Waals surface area (Å²) in [5, 5.41) is 5.80. The number of methoxy groups -OCH3 is 1. The van der Waals surface area contributed by atoms with Crippen LogP contribution in [0, 0.1) is 0 Å². The minimum Gasteiger partial charge on any atom is -0.467 e. The Balaban J connectivity index is 2.20. The summed E-state index contributed by atoms with van der Waals surface area (Å²) >= 11 is 9.43. The lowest BCUT2D eigenvalue weighted by Gasteiger charge is -2.18. The van der Waals surface area contributed by atoms with Crippen molar-refractivity contribution in [2.24, 2.45) is 0 Å². The number of carbonyl (C=O) groups is 3. The first-order valence-electron chi connectivity index (χ1n) is 8.00. The van der Waals surface area contributed by atoms with Crippen molar-refractivity contribution in [2.45, 2.75) is 19.4 Å². The number of esters is 1. The lowest BCUT2D eigenvalue weighted by Crippen LogP contribution is -2.43. The van der Waals surface area contributed by atoms with Gasteiger partial charge in [0.1, 0.15) is 6.04 Å². The molecule has 0 spiro atoms. The number of rotatable bonds is 6. The minimum atomic E-state index is -0.901. The highest BCUT2D eigenvalue weighted by Gasteiger charge is 2.24. The number of amides is 2. The molecule has 0 saturated carbocycles. The predicted molar refractivity (Wildman–Crippen MR) is 107 cm³/mol. The van der Waals surface area contributed by atoms with Crippen molar-refractivity contribution in [2.75, 3.05) is 12.4 Å². The molecule has 2 rings (SSSR count). The maximum absolute atomic E-state index is 12.6. The Morgan fingerprint density at radius 1 is 1.19 bits per heavy atom. The number of hydrogen-bond acceptors (Lipinski definition) is 4. The van der Waals surface area contributed by atoms with Crippen LogP contribution >= 0.6 is 27.5 Å². The molecule has 0 heterocycles. The van der Waals surface area contributed by atoms with Crippen molar-refractivity contribution >= 4 is 51.0 Å². The van der Waals surface area contributed by atoms with Crippen LogP contribution in [0.15, 0.2) is 46.9 Å². The SMILES string of the molecule is COC(=O)[C@H](Cc1cc(Cl)ccc1Br)NC(=O)c1cccc(NC(C)=O)c1. The first-order valence-corrected chi connectivity index (χ1v) is 9.17. The number of halogens is 2. The Morgan fingerprint density at radius 2 is 1.93 bits per heavy atom. The van der Waals surface area contributed by atoms with E-state index in [-0.39, 0.29) is 12.3 Å². The second-order valence-corrected chi connectivity index (χ2v) is 7.04. The van der Waals surface area contributed by atoms with Crippen LogP contribution < -0.4 is 10.6 Å². The Morgan fingerprint density at radius 3 is 2.59 bits per heavy atom. The lowest BCUT2D eigenvalue weighted by molar-refractivity contribution is -0.142. The molecule has 0 aliphatic rings. The number of ether oxygens (including phenoxy) is 1. The maximum atomic E-state index is 12.6. The van der Waals surface area contributed by atoms with E-state index >= 15 is 0 Å². The van der Waals surface area contributed by atoms with E-state index in [0.717, 1.165) is 10.0 Å². The van der Waals surface area contributed by atoms with Gasteiger partial charge in [-0.2, -0.15) is 0 Å². The number of hydrogen-bond donors (Lipinski definition) is 2. The van der Waals surface area contributed by atoms with Crippen LogP contribution in [0.4, 0.5) is 5.69 Å². The van der Waals surface area contributed by atoms with Crippen LogP contribution in [0.2, 0.25) is 5.02 Å². The summed E-state index contributed by atoms with van der Waals surface area (Å²) in [5.41, 5.74) is 1.55. The minimum absolute atomic E-state index is 0.199. The van der Waals surface area contributed by atoms with Crippen LogP contribution in [0.3, 0.4) is 0 Å². The lowest BCUT2D eigenvalue weighted by atomic mass is 10.1. The van der Waals surface area contributed by atoms with Gasteiger partial charge in [0.2, 0.25) is 5.91 Å². The van der Waals surface area contributed by atoms with Crippen LogP contribution in [0.1, 0.15) is 22.8 Å². The first kappa shape index (κ1) is 20.9. The van der Waals surface area contributed by atoms with Crippen LogP contribution in [0.5, 0.6) is 0 Å². The number of anilines is 1. The second kappa shape index (κ2) is 9.53. The largest absolute Gasteiger partial charge is 0.467 e. The second-order valence-electron chi connectivity index (χ2n) is 5.75. The van der Waals surface area contributed by atoms with Crippen molar-refractivity contribution in [1.29, 1.82) is 0 Å². The van der Waals surface area contributed by atoms with Crippen LogP contribution in [-0.2, 0) is 20.7 Å². The van der Waals surface area contributed by atoms with Gasteiger partial charge in [-0.05, 0) is 42.0 Å². The molecular weight excluding hydrogens is 436 g/mol. The van der Waals surface area contributed by atoms with Gasteiger partial charge < -0.3 is 15.4 Å². The molecule has 2 aromatic carbocycles. The average Bonchev–Trinajstić information content (AvgIpc) is 2.63. The van der Waals surface area contributed by atoms with E-state index in [1.807, 2.05) is 0 Å². The summed E-state index contributed by atoms with van der Waals surface area (Å²) in [4.78, 5) is 35.9. The molecule has 0 radical (unpaired) electrons. The molecule has 142 valence electrons. The molecule has 0 aliphatic carbocycles. The van der Waals surface area contributed by atoms with Gasteiger partial charge in [0.05, 0.1) is 7.11 Å². The monoisotopic (exact) mass is 452 g/mol. The standard InChI is InChI=1S/C19H18BrClN2O4/c1-11(24)22-15-5-3-4-12(9-15)18(25)23-17(19(26)27-2)10-13-8-14(21)6-7-16(13)20/h3-9,17H,10H2,1-2H3,(H,22,24)(H,23,25)/t17-/m0/s1. The Bertz CT molecular complexity index is 873. The van der Waals surface area contributed by atoms with Gasteiger partial charge in [-0.1, -0.05) is 33.6 Å². The van der Waals surface area contributed by atoms with Crippen molar-refractivity contribution in [3.05, 3.63) is 63.1 Å². The maximum Gasteiger partial charge on any atom is 0.328 e. The zero-order valence-electron chi connectivity index (χ0n) is 14.7. The van der Waals surface area contributed by atoms with Crippen LogP contribution in [-0.4, -0.2) is 30.9 Å². The van der Waals surface area contributed by atoms with E-state index in [2.05, 4.69) is 26.6 Å². The average molecular weight is 454 g/mol. The topological polar surface area (TPSA) is 84.5 Å². The van der Waals surface area contributed by atoms with Gasteiger partial charge in [0.25, 0.3) is 5.91 Å². The van der Waals surface area contributed by atoms with Crippen molar-refractivity contribution < 1.29 is 19.1 Å². The molecule has 8 heteroatoms. The van der Waals surface area contributed by atoms with Gasteiger partial charge in [0, 0.05) is 34.1 Å². The normalized spacial score (nSPS) is 11.4. The van der Waals surface area contributed by atoms with Gasteiger partial charge >= 0.3 is 5.97 Å². The number of nitrogens with one attached hydrogen (secondary N) is 2. The molecule has 0 unspecified atom stereocenters. The molecule has 6 nitrogen and oxygen atoms in total. The molecule has 0 fully saturated rings. The fourth-order valence-electron chi connectivity index (χ4n) is 2.44. The molecule has 2 aromatic rings. The fourth-order valence-corrected chi connectivity index (χ4v) is 3.04. The van der Waals surface area contributed by atoms with Gasteiger partial charge in [-0.15, -0.1) is 0 Å². The molecule has 2 N–H and O–H groups in total. The van der Waals surface area contributed by atoms with Crippen LogP contribution in [0.25, 0.3) is 0 Å². The molecule has 27 heavy (non-hydrogen) atoms. The highest BCUT2D eigenvalue weighted by atomic mass is 79.9. The fraction of sp³-hybridized carbons (Fsp3) is 0.211. The van der Waals surface area contributed by atoms with Gasteiger partial charge in [-0.25, -0.2) is 4.79 Å². The zero-order valence-corrected chi connectivity index (χ0v) is 17.1. The molecule has 2 amide bonds. The molecule has 0 aromatic heterocycles. The Hall–Kier alpha value is -2.38. The van der Waals surface area contributed by atoms with Crippen molar-refractivity contribution in [1.82, 2.24) is 5.32 Å². The highest BCUT2D eigenvalue weighted by Crippen LogP contribution is 2.23. The molecule has 1 atom stereocenters. The summed E-state index contributed by atoms with van der Waals surface area (Å²) in [6.45, 7) is 1.38. The van der Waals surface area contributed by atoms with E-state index < -0.39 is 17.9 Å². The third-order valence-corrected chi connectivity index (χ3v) is 4.68. The zero-order chi connectivity index (χ0) is 20.0. The van der Waals surface area contributed by atoms with Gasteiger partial charge in [0.15, 0.2) is 0 Å². The highest BCUT2D eigenvalue weighted by molar-refractivity contribution is 9.10. The van der Waals surface area contributed by atoms with E-state index in [0.29, 0.717) is 16.3 Å². The Labute approximate surface area is 170 Å². The van der Waals surface area contributed by atoms with Crippen molar-refractivity contribution in [3.8, 4) is 0 Å². The first-order chi connectivity index (χ1) is 12.8. The third-order valence-electron chi connectivity index (χ3n) is 3.67. The number of carbonyl (C=O) groups excluding carboxylic acids is 3. The summed E-state index contributed by atoms with van der Waals surface area (Å²) in [7, 11) is 1.26. The summed E-state index contributed by atoms with van der Waals surface area (Å²) < 4.78 is 5.58. The summed E-state index contributed by atoms with van der Waals surface area (Å²) in [6, 6.07) is 10.7. The van der Waals surface area contributed by atoms with E-state index in [1.54, 1.807) is 36.4 Å². The number of benzene rings is 2. The molecule has 0 saturated heterocycles. The van der Waals surface area contributed by atoms with E-state index in [9.17, 15) is 14.4 Å². The molecular formula is C19H18BrClN2O4. The summed E-state index contributed by atoms with van der Waals surface area (Å²) in [6.07, 6.45) is 0.199. The van der Waals surface area contributed by atoms with Gasteiger partial charge in [-0.3, -0.25) is 9.59 Å².